The van der Waals surface area contributed by atoms with E-state index in [1.54, 1.807) is 0 Å². The summed E-state index contributed by atoms with van der Waals surface area (Å²) in [5, 5.41) is 2.93. The molecule has 0 aliphatic carbocycles. The highest BCUT2D eigenvalue weighted by Crippen LogP contribution is 2.21. The molecular formula is C12H24N2O3S. The Kier molecular flexibility index (Phi) is 4.78. The summed E-state index contributed by atoms with van der Waals surface area (Å²) in [5.74, 6) is -0.0701. The molecule has 0 bridgehead atoms. The van der Waals surface area contributed by atoms with E-state index >= 15 is 0 Å². The monoisotopic (exact) mass is 276 g/mol. The number of hydrogen-bond donors (Lipinski definition) is 2. The summed E-state index contributed by atoms with van der Waals surface area (Å²) in [7, 11) is -3.02. The zero-order chi connectivity index (χ0) is 14.0. The van der Waals surface area contributed by atoms with Crippen LogP contribution < -0.4 is 11.1 Å². The van der Waals surface area contributed by atoms with Crippen LogP contribution in [0.2, 0.25) is 0 Å². The molecule has 2 unspecified atom stereocenters. The SMILES string of the molecule is CC(C)CC(C)(CN)NC(=O)C1CCS(=O)(=O)C1. The zero-order valence-electron chi connectivity index (χ0n) is 11.4. The highest BCUT2D eigenvalue weighted by Gasteiger charge is 2.36. The summed E-state index contributed by atoms with van der Waals surface area (Å²) in [6.07, 6.45) is 1.21. The van der Waals surface area contributed by atoms with E-state index in [-0.39, 0.29) is 17.4 Å². The van der Waals surface area contributed by atoms with Crippen molar-refractivity contribution in [3.8, 4) is 0 Å². The van der Waals surface area contributed by atoms with Crippen LogP contribution in [0, 0.1) is 11.8 Å². The molecular weight excluding hydrogens is 252 g/mol. The molecule has 0 spiro atoms. The highest BCUT2D eigenvalue weighted by molar-refractivity contribution is 7.91. The normalized spacial score (nSPS) is 25.9. The minimum Gasteiger partial charge on any atom is -0.349 e. The van der Waals surface area contributed by atoms with Gasteiger partial charge in [0.05, 0.1) is 17.4 Å². The van der Waals surface area contributed by atoms with Crippen molar-refractivity contribution in [2.24, 2.45) is 17.6 Å². The van der Waals surface area contributed by atoms with E-state index in [0.717, 1.165) is 6.42 Å². The maximum atomic E-state index is 12.1. The maximum absolute atomic E-state index is 12.1. The van der Waals surface area contributed by atoms with Crippen LogP contribution in [0.15, 0.2) is 0 Å². The number of nitrogens with two attached hydrogens (primary N) is 1. The summed E-state index contributed by atoms with van der Waals surface area (Å²) in [4.78, 5) is 12.1. The van der Waals surface area contributed by atoms with Gasteiger partial charge in [0.15, 0.2) is 9.84 Å². The van der Waals surface area contributed by atoms with Crippen molar-refractivity contribution in [3.05, 3.63) is 0 Å². The van der Waals surface area contributed by atoms with Crippen LogP contribution in [-0.4, -0.2) is 37.9 Å². The number of nitrogens with one attached hydrogen (secondary N) is 1. The van der Waals surface area contributed by atoms with Crippen LogP contribution in [0.3, 0.4) is 0 Å². The Labute approximate surface area is 109 Å². The third kappa shape index (κ3) is 4.24. The molecule has 3 N–H and O–H groups in total. The van der Waals surface area contributed by atoms with Crippen molar-refractivity contribution < 1.29 is 13.2 Å². The minimum atomic E-state index is -3.02. The van der Waals surface area contributed by atoms with E-state index < -0.39 is 21.3 Å². The van der Waals surface area contributed by atoms with Gasteiger partial charge in [-0.1, -0.05) is 13.8 Å². The van der Waals surface area contributed by atoms with Gasteiger partial charge in [-0.25, -0.2) is 8.42 Å². The number of carbonyl (C=O) groups is 1. The zero-order valence-corrected chi connectivity index (χ0v) is 12.2. The van der Waals surface area contributed by atoms with Crippen LogP contribution >= 0.6 is 0 Å². The lowest BCUT2D eigenvalue weighted by Crippen LogP contribution is -2.53. The van der Waals surface area contributed by atoms with Crippen LogP contribution in [0.1, 0.15) is 33.6 Å². The largest absolute Gasteiger partial charge is 0.349 e. The second-order valence-electron chi connectivity index (χ2n) is 5.95. The van der Waals surface area contributed by atoms with Gasteiger partial charge in [-0.2, -0.15) is 0 Å². The molecule has 0 aromatic carbocycles. The molecule has 106 valence electrons. The fourth-order valence-corrected chi connectivity index (χ4v) is 4.23. The molecule has 1 saturated heterocycles. The number of amides is 1. The topological polar surface area (TPSA) is 89.3 Å². The van der Waals surface area contributed by atoms with Crippen molar-refractivity contribution in [1.82, 2.24) is 5.32 Å². The van der Waals surface area contributed by atoms with Crippen LogP contribution in [0.25, 0.3) is 0 Å². The Morgan fingerprint density at radius 2 is 2.11 bits per heavy atom. The van der Waals surface area contributed by atoms with Gasteiger partial charge >= 0.3 is 0 Å². The molecule has 0 aromatic rings. The van der Waals surface area contributed by atoms with Gasteiger partial charge in [0, 0.05) is 12.1 Å². The van der Waals surface area contributed by atoms with Gasteiger partial charge in [-0.15, -0.1) is 0 Å². The quantitative estimate of drug-likeness (QED) is 0.756. The van der Waals surface area contributed by atoms with Crippen molar-refractivity contribution in [1.29, 1.82) is 0 Å². The lowest BCUT2D eigenvalue weighted by Gasteiger charge is -2.32. The predicted octanol–water partition coefficient (Wildman–Crippen LogP) is 0.301. The Hall–Kier alpha value is -0.620. The average Bonchev–Trinajstić information content (AvgIpc) is 2.57. The first-order valence-corrected chi connectivity index (χ1v) is 8.22. The number of carbonyl (C=O) groups excluding carboxylic acids is 1. The molecule has 1 amide bonds. The van der Waals surface area contributed by atoms with Crippen molar-refractivity contribution in [3.63, 3.8) is 0 Å². The van der Waals surface area contributed by atoms with E-state index in [4.69, 9.17) is 5.73 Å². The molecule has 0 radical (unpaired) electrons. The molecule has 5 nitrogen and oxygen atoms in total. The fraction of sp³-hybridized carbons (Fsp3) is 0.917. The Morgan fingerprint density at radius 1 is 1.50 bits per heavy atom. The molecule has 1 rings (SSSR count). The number of sulfone groups is 1. The first kappa shape index (κ1) is 15.4. The van der Waals surface area contributed by atoms with Crippen LogP contribution in [-0.2, 0) is 14.6 Å². The molecule has 6 heteroatoms. The van der Waals surface area contributed by atoms with Crippen molar-refractivity contribution in [2.75, 3.05) is 18.1 Å². The first-order chi connectivity index (χ1) is 8.17. The van der Waals surface area contributed by atoms with E-state index in [1.165, 1.54) is 0 Å². The van der Waals surface area contributed by atoms with Gasteiger partial charge in [-0.05, 0) is 25.7 Å². The van der Waals surface area contributed by atoms with Crippen LogP contribution in [0.4, 0.5) is 0 Å². The molecule has 0 aromatic heterocycles. The van der Waals surface area contributed by atoms with Gasteiger partial charge in [0.1, 0.15) is 0 Å². The van der Waals surface area contributed by atoms with Gasteiger partial charge in [0.2, 0.25) is 5.91 Å². The summed E-state index contributed by atoms with van der Waals surface area (Å²) >= 11 is 0. The first-order valence-electron chi connectivity index (χ1n) is 6.40. The molecule has 1 aliphatic heterocycles. The Balaban J connectivity index is 2.63. The predicted molar refractivity (Wildman–Crippen MR) is 71.8 cm³/mol. The lowest BCUT2D eigenvalue weighted by atomic mass is 9.90. The summed E-state index contributed by atoms with van der Waals surface area (Å²) in [5.41, 5.74) is 5.28. The Morgan fingerprint density at radius 3 is 2.50 bits per heavy atom. The number of rotatable bonds is 5. The molecule has 0 saturated carbocycles. The highest BCUT2D eigenvalue weighted by atomic mass is 32.2. The van der Waals surface area contributed by atoms with E-state index in [2.05, 4.69) is 19.2 Å². The smallest absolute Gasteiger partial charge is 0.224 e. The van der Waals surface area contributed by atoms with E-state index in [9.17, 15) is 13.2 Å². The van der Waals surface area contributed by atoms with Gasteiger partial charge in [-0.3, -0.25) is 4.79 Å². The van der Waals surface area contributed by atoms with Gasteiger partial charge in [0.25, 0.3) is 0 Å². The standard InChI is InChI=1S/C12H24N2O3S/c1-9(2)6-12(3,8-13)14-11(15)10-4-5-18(16,17)7-10/h9-10H,4-8,13H2,1-3H3,(H,14,15). The fourth-order valence-electron chi connectivity index (χ4n) is 2.49. The summed E-state index contributed by atoms with van der Waals surface area (Å²) in [6, 6.07) is 0. The third-order valence-electron chi connectivity index (χ3n) is 3.34. The van der Waals surface area contributed by atoms with Crippen LogP contribution in [0.5, 0.6) is 0 Å². The average molecular weight is 276 g/mol. The molecule has 18 heavy (non-hydrogen) atoms. The van der Waals surface area contributed by atoms with Crippen molar-refractivity contribution >= 4 is 15.7 Å². The van der Waals surface area contributed by atoms with Crippen molar-refractivity contribution in [2.45, 2.75) is 39.2 Å². The second kappa shape index (κ2) is 5.57. The summed E-state index contributed by atoms with van der Waals surface area (Å²) < 4.78 is 22.7. The van der Waals surface area contributed by atoms with E-state index in [1.807, 2.05) is 6.92 Å². The third-order valence-corrected chi connectivity index (χ3v) is 5.11. The molecule has 1 heterocycles. The van der Waals surface area contributed by atoms with E-state index in [0.29, 0.717) is 18.9 Å². The molecule has 2 atom stereocenters. The lowest BCUT2D eigenvalue weighted by molar-refractivity contribution is -0.126. The Bertz CT molecular complexity index is 406. The molecule has 1 aliphatic rings. The summed E-state index contributed by atoms with van der Waals surface area (Å²) in [6.45, 7) is 6.41. The maximum Gasteiger partial charge on any atom is 0.224 e. The molecule has 1 fully saturated rings. The minimum absolute atomic E-state index is 0.0266. The number of hydrogen-bond acceptors (Lipinski definition) is 4. The van der Waals surface area contributed by atoms with Gasteiger partial charge < -0.3 is 11.1 Å². The second-order valence-corrected chi connectivity index (χ2v) is 8.18.